The Morgan fingerprint density at radius 2 is 1.29 bits per heavy atom. The first-order chi connectivity index (χ1) is 18.4. The van der Waals surface area contributed by atoms with Gasteiger partial charge in [0.25, 0.3) is 0 Å². The minimum Gasteiger partial charge on any atom is -0.399 e. The summed E-state index contributed by atoms with van der Waals surface area (Å²) < 4.78 is 0. The summed E-state index contributed by atoms with van der Waals surface area (Å²) in [4.78, 5) is 33.0. The number of carbonyl (C=O) groups excluding carboxylic acids is 2. The van der Waals surface area contributed by atoms with E-state index < -0.39 is 28.1 Å². The normalized spacial score (nSPS) is 24.5. The molecule has 2 aromatic rings. The van der Waals surface area contributed by atoms with E-state index in [0.29, 0.717) is 48.4 Å². The maximum Gasteiger partial charge on any atom is 0.244 e. The highest BCUT2D eigenvalue weighted by molar-refractivity contribution is 6.23. The predicted molar refractivity (Wildman–Crippen MR) is 141 cm³/mol. The summed E-state index contributed by atoms with van der Waals surface area (Å²) in [6.45, 7) is 4.72. The van der Waals surface area contributed by atoms with Crippen molar-refractivity contribution in [2.24, 2.45) is 11.1 Å². The predicted octanol–water partition coefficient (Wildman–Crippen LogP) is 3.94. The molecule has 0 radical (unpaired) electrons. The number of hydrogen-bond donors (Lipinski definition) is 1. The molecule has 2 aliphatic heterocycles. The van der Waals surface area contributed by atoms with E-state index in [4.69, 9.17) is 5.73 Å². The van der Waals surface area contributed by atoms with Gasteiger partial charge in [0.2, 0.25) is 17.2 Å². The van der Waals surface area contributed by atoms with Gasteiger partial charge in [-0.25, -0.2) is 0 Å². The van der Waals surface area contributed by atoms with Crippen LogP contribution in [0.15, 0.2) is 59.8 Å². The Hall–Kier alpha value is -4.61. The summed E-state index contributed by atoms with van der Waals surface area (Å²) in [5.41, 5.74) is 1.65. The van der Waals surface area contributed by atoms with Gasteiger partial charge in [-0.3, -0.25) is 9.59 Å². The number of nitriles is 3. The van der Waals surface area contributed by atoms with Gasteiger partial charge < -0.3 is 15.5 Å². The molecule has 2 N–H and O–H groups in total. The van der Waals surface area contributed by atoms with Crippen LogP contribution in [0.4, 0.5) is 11.4 Å². The standard InChI is InChI=1S/C30H28N6O2/c1-3-5-15-35-23-13-9-7-11-20(23)29(26(35)37)22(17-31)25(34)28(18-32,19-33)30(29)21-12-8-10-14-24(21)36(27(30)38)16-6-4-2/h7-14H,3-6,15-16,34H2,1-2H3/t29-,30-/m0/s1. The second-order valence-electron chi connectivity index (χ2n) is 10.0. The quantitative estimate of drug-likeness (QED) is 0.632. The van der Waals surface area contributed by atoms with Crippen molar-refractivity contribution in [2.75, 3.05) is 22.9 Å². The van der Waals surface area contributed by atoms with Crippen LogP contribution < -0.4 is 15.5 Å². The molecule has 8 nitrogen and oxygen atoms in total. The summed E-state index contributed by atoms with van der Waals surface area (Å²) in [6.07, 6.45) is 3.00. The van der Waals surface area contributed by atoms with E-state index in [1.807, 2.05) is 13.8 Å². The smallest absolute Gasteiger partial charge is 0.244 e. The Bertz CT molecular complexity index is 1510. The van der Waals surface area contributed by atoms with E-state index in [-0.39, 0.29) is 11.3 Å². The molecular formula is C30H28N6O2. The molecule has 190 valence electrons. The fraction of sp³-hybridized carbons (Fsp3) is 0.367. The highest BCUT2D eigenvalue weighted by Crippen LogP contribution is 2.72. The van der Waals surface area contributed by atoms with Crippen LogP contribution >= 0.6 is 0 Å². The maximum absolute atomic E-state index is 14.9. The minimum absolute atomic E-state index is 0.197. The zero-order chi connectivity index (χ0) is 27.3. The molecule has 0 bridgehead atoms. The zero-order valence-corrected chi connectivity index (χ0v) is 21.5. The van der Waals surface area contributed by atoms with E-state index in [9.17, 15) is 25.4 Å². The number of anilines is 2. The Morgan fingerprint density at radius 3 is 1.82 bits per heavy atom. The van der Waals surface area contributed by atoms with Gasteiger partial charge in [0.05, 0.1) is 29.5 Å². The van der Waals surface area contributed by atoms with Crippen LogP contribution in [0.5, 0.6) is 0 Å². The first-order valence-corrected chi connectivity index (χ1v) is 13.0. The number of fused-ring (bicyclic) bond motifs is 5. The molecule has 2 atom stereocenters. The van der Waals surface area contributed by atoms with Gasteiger partial charge in [-0.1, -0.05) is 63.1 Å². The Kier molecular flexibility index (Phi) is 5.77. The number of allylic oxidation sites excluding steroid dienone is 1. The molecule has 0 saturated carbocycles. The van der Waals surface area contributed by atoms with Gasteiger partial charge in [0.1, 0.15) is 10.8 Å². The van der Waals surface area contributed by atoms with Crippen molar-refractivity contribution >= 4 is 23.2 Å². The number of carbonyl (C=O) groups is 2. The molecule has 5 rings (SSSR count). The van der Waals surface area contributed by atoms with Crippen molar-refractivity contribution in [2.45, 2.75) is 50.4 Å². The summed E-state index contributed by atoms with van der Waals surface area (Å²) in [7, 11) is 0. The van der Waals surface area contributed by atoms with Crippen LogP contribution in [0.1, 0.15) is 50.7 Å². The molecule has 0 fully saturated rings. The Morgan fingerprint density at radius 1 is 0.789 bits per heavy atom. The summed E-state index contributed by atoms with van der Waals surface area (Å²) in [5.74, 6) is -1.05. The molecule has 2 aromatic carbocycles. The van der Waals surface area contributed by atoms with Crippen LogP contribution in [0, 0.1) is 39.4 Å². The molecule has 8 heteroatoms. The third-order valence-electron chi connectivity index (χ3n) is 8.42. The zero-order valence-electron chi connectivity index (χ0n) is 21.5. The Labute approximate surface area is 222 Å². The van der Waals surface area contributed by atoms with Crippen molar-refractivity contribution in [3.05, 3.63) is 70.9 Å². The van der Waals surface area contributed by atoms with Crippen molar-refractivity contribution in [3.8, 4) is 18.2 Å². The van der Waals surface area contributed by atoms with Gasteiger partial charge >= 0.3 is 0 Å². The van der Waals surface area contributed by atoms with Crippen LogP contribution in [-0.4, -0.2) is 24.9 Å². The van der Waals surface area contributed by atoms with E-state index in [0.717, 1.165) is 12.8 Å². The highest BCUT2D eigenvalue weighted by Gasteiger charge is 2.85. The molecule has 0 unspecified atom stereocenters. The number of hydrogen-bond acceptors (Lipinski definition) is 6. The van der Waals surface area contributed by atoms with Crippen molar-refractivity contribution in [1.29, 1.82) is 15.8 Å². The highest BCUT2D eigenvalue weighted by atomic mass is 16.2. The maximum atomic E-state index is 14.9. The number of para-hydroxylation sites is 2. The second kappa shape index (κ2) is 8.75. The molecule has 2 heterocycles. The lowest BCUT2D eigenvalue weighted by atomic mass is 9.50. The van der Waals surface area contributed by atoms with Crippen molar-refractivity contribution in [1.82, 2.24) is 0 Å². The number of unbranched alkanes of at least 4 members (excludes halogenated alkanes) is 2. The molecule has 1 aliphatic carbocycles. The molecule has 0 saturated heterocycles. The third kappa shape index (κ3) is 2.51. The number of nitrogens with zero attached hydrogens (tertiary/aromatic N) is 5. The van der Waals surface area contributed by atoms with E-state index in [1.54, 1.807) is 58.3 Å². The van der Waals surface area contributed by atoms with E-state index in [2.05, 4.69) is 18.2 Å². The second-order valence-corrected chi connectivity index (χ2v) is 10.0. The summed E-state index contributed by atoms with van der Waals surface area (Å²) in [5, 5.41) is 32.0. The molecule has 3 aliphatic rings. The van der Waals surface area contributed by atoms with Crippen LogP contribution in [0.3, 0.4) is 0 Å². The van der Waals surface area contributed by atoms with Gasteiger partial charge in [-0.05, 0) is 36.1 Å². The largest absolute Gasteiger partial charge is 0.399 e. The summed E-state index contributed by atoms with van der Waals surface area (Å²) in [6, 6.07) is 20.3. The molecular weight excluding hydrogens is 476 g/mol. The molecule has 38 heavy (non-hydrogen) atoms. The SMILES string of the molecule is CCCCN1C(=O)[C@@]2(C(C#N)=C(N)C(C#N)(C#N)[C@]23C(=O)N(CCCC)c2ccccc23)c2ccccc21. The average Bonchev–Trinajstić information content (AvgIpc) is 3.43. The lowest BCUT2D eigenvalue weighted by molar-refractivity contribution is -0.134. The van der Waals surface area contributed by atoms with E-state index in [1.165, 1.54) is 0 Å². The summed E-state index contributed by atoms with van der Waals surface area (Å²) >= 11 is 0. The fourth-order valence-corrected chi connectivity index (χ4v) is 6.83. The fourth-order valence-electron chi connectivity index (χ4n) is 6.83. The minimum atomic E-state index is -2.28. The van der Waals surface area contributed by atoms with Gasteiger partial charge in [0.15, 0.2) is 0 Å². The number of benzene rings is 2. The molecule has 2 spiro atoms. The first-order valence-electron chi connectivity index (χ1n) is 13.0. The van der Waals surface area contributed by atoms with Crippen LogP contribution in [-0.2, 0) is 20.4 Å². The topological polar surface area (TPSA) is 138 Å². The number of rotatable bonds is 6. The number of amides is 2. The molecule has 2 amide bonds. The number of nitrogens with two attached hydrogens (primary N) is 1. The monoisotopic (exact) mass is 504 g/mol. The first kappa shape index (κ1) is 25.1. The third-order valence-corrected chi connectivity index (χ3v) is 8.42. The van der Waals surface area contributed by atoms with E-state index >= 15 is 0 Å². The Balaban J connectivity index is 1.99. The molecule has 0 aromatic heterocycles. The van der Waals surface area contributed by atoms with Crippen molar-refractivity contribution in [3.63, 3.8) is 0 Å². The van der Waals surface area contributed by atoms with Gasteiger partial charge in [-0.2, -0.15) is 15.8 Å². The lowest BCUT2D eigenvalue weighted by Gasteiger charge is -2.43. The average molecular weight is 505 g/mol. The lowest BCUT2D eigenvalue weighted by Crippen LogP contribution is -2.64. The van der Waals surface area contributed by atoms with Gasteiger partial charge in [-0.15, -0.1) is 0 Å². The van der Waals surface area contributed by atoms with Crippen molar-refractivity contribution < 1.29 is 9.59 Å². The van der Waals surface area contributed by atoms with Crippen LogP contribution in [0.2, 0.25) is 0 Å². The van der Waals surface area contributed by atoms with Crippen LogP contribution in [0.25, 0.3) is 0 Å². The van der Waals surface area contributed by atoms with Gasteiger partial charge in [0, 0.05) is 24.5 Å².